The zero-order valence-electron chi connectivity index (χ0n) is 8.02. The highest BCUT2D eigenvalue weighted by Crippen LogP contribution is 1.93. The first-order valence-electron chi connectivity index (χ1n) is 4.21. The van der Waals surface area contributed by atoms with Gasteiger partial charge in [0.1, 0.15) is 0 Å². The van der Waals surface area contributed by atoms with E-state index < -0.39 is 0 Å². The third-order valence-corrected chi connectivity index (χ3v) is 1.60. The fourth-order valence-corrected chi connectivity index (χ4v) is 1.03. The number of aryl methyl sites for hydroxylation is 1. The van der Waals surface area contributed by atoms with Crippen molar-refractivity contribution in [3.8, 4) is 0 Å². The first-order chi connectivity index (χ1) is 6.85. The number of halogens is 1. The zero-order chi connectivity index (χ0) is 10.6. The first-order valence-corrected chi connectivity index (χ1v) is 5.33. The Hall–Kier alpha value is -0.970. The molecule has 1 aromatic rings. The van der Waals surface area contributed by atoms with Crippen molar-refractivity contribution in [2.24, 2.45) is 0 Å². The molecular formula is C9H13BrN2O2. The lowest BCUT2D eigenvalue weighted by atomic mass is 10.4. The van der Waals surface area contributed by atoms with Gasteiger partial charge in [-0.1, -0.05) is 15.9 Å². The number of hydrogen-bond donors (Lipinski definition) is 0. The second-order valence-corrected chi connectivity index (χ2v) is 2.98. The van der Waals surface area contributed by atoms with Crippen LogP contribution in [0.2, 0.25) is 0 Å². The lowest BCUT2D eigenvalue weighted by Crippen LogP contribution is -1.89. The molecule has 14 heavy (non-hydrogen) atoms. The predicted molar refractivity (Wildman–Crippen MR) is 57.2 cm³/mol. The fourth-order valence-electron chi connectivity index (χ4n) is 0.624. The van der Waals surface area contributed by atoms with Crippen molar-refractivity contribution < 1.29 is 9.53 Å². The zero-order valence-corrected chi connectivity index (χ0v) is 9.61. The topological polar surface area (TPSA) is 52.1 Å². The summed E-state index contributed by atoms with van der Waals surface area (Å²) in [4.78, 5) is 17.2. The van der Waals surface area contributed by atoms with Gasteiger partial charge in [-0.15, -0.1) is 0 Å². The van der Waals surface area contributed by atoms with E-state index in [0.29, 0.717) is 13.1 Å². The van der Waals surface area contributed by atoms with E-state index in [4.69, 9.17) is 0 Å². The van der Waals surface area contributed by atoms with Crippen LogP contribution in [0.1, 0.15) is 12.6 Å². The summed E-state index contributed by atoms with van der Waals surface area (Å²) in [6, 6.07) is 0. The van der Waals surface area contributed by atoms with Gasteiger partial charge in [-0.25, -0.2) is 0 Å². The molecule has 78 valence electrons. The van der Waals surface area contributed by atoms with Crippen molar-refractivity contribution in [3.63, 3.8) is 0 Å². The van der Waals surface area contributed by atoms with Gasteiger partial charge in [0.15, 0.2) is 0 Å². The molecule has 0 aromatic carbocycles. The Morgan fingerprint density at radius 3 is 2.71 bits per heavy atom. The van der Waals surface area contributed by atoms with Crippen LogP contribution in [0.4, 0.5) is 0 Å². The predicted octanol–water partition coefficient (Wildman–Crippen LogP) is 1.59. The fraction of sp³-hybridized carbons (Fsp3) is 0.444. The summed E-state index contributed by atoms with van der Waals surface area (Å²) in [5.74, 6) is 0. The minimum Gasteiger partial charge on any atom is -0.468 e. The molecule has 1 heterocycles. The van der Waals surface area contributed by atoms with Gasteiger partial charge in [0.25, 0.3) is 6.47 Å². The molecule has 4 nitrogen and oxygen atoms in total. The summed E-state index contributed by atoms with van der Waals surface area (Å²) in [5.41, 5.74) is 1.04. The highest BCUT2D eigenvalue weighted by Gasteiger charge is 1.88. The molecule has 0 amide bonds. The van der Waals surface area contributed by atoms with Crippen LogP contribution in [0.15, 0.2) is 18.6 Å². The second-order valence-electron chi connectivity index (χ2n) is 2.19. The molecule has 5 heteroatoms. The van der Waals surface area contributed by atoms with Crippen LogP contribution >= 0.6 is 15.9 Å². The lowest BCUT2D eigenvalue weighted by molar-refractivity contribution is -0.128. The van der Waals surface area contributed by atoms with Crippen LogP contribution in [0.5, 0.6) is 0 Å². The van der Waals surface area contributed by atoms with Crippen molar-refractivity contribution in [2.75, 3.05) is 11.9 Å². The van der Waals surface area contributed by atoms with Crippen molar-refractivity contribution in [2.45, 2.75) is 13.3 Å². The van der Waals surface area contributed by atoms with Crippen LogP contribution in [0, 0.1) is 0 Å². The molecule has 0 fully saturated rings. The summed E-state index contributed by atoms with van der Waals surface area (Å²) in [6.07, 6.45) is 6.12. The molecule has 0 radical (unpaired) electrons. The summed E-state index contributed by atoms with van der Waals surface area (Å²) < 4.78 is 4.15. The highest BCUT2D eigenvalue weighted by atomic mass is 79.9. The van der Waals surface area contributed by atoms with E-state index in [1.54, 1.807) is 25.5 Å². The maximum atomic E-state index is 9.18. The Bertz CT molecular complexity index is 232. The SMILES string of the molecule is BrCCc1cnccn1.CCOC=O. The standard InChI is InChI=1S/C6H7BrN2.C3H6O2/c7-2-1-6-5-8-3-4-9-6;1-2-5-3-4/h3-5H,1-2H2;3H,2H2,1H3. The summed E-state index contributed by atoms with van der Waals surface area (Å²) in [5, 5.41) is 0.950. The summed E-state index contributed by atoms with van der Waals surface area (Å²) in [6.45, 7) is 2.66. The van der Waals surface area contributed by atoms with Gasteiger partial charge in [-0.05, 0) is 6.92 Å². The Kier molecular flexibility index (Phi) is 9.41. The van der Waals surface area contributed by atoms with E-state index in [1.807, 2.05) is 0 Å². The Morgan fingerprint density at radius 2 is 2.36 bits per heavy atom. The number of hydrogen-bond acceptors (Lipinski definition) is 4. The van der Waals surface area contributed by atoms with Gasteiger partial charge in [-0.2, -0.15) is 0 Å². The van der Waals surface area contributed by atoms with Gasteiger partial charge < -0.3 is 4.74 Å². The van der Waals surface area contributed by atoms with E-state index in [-0.39, 0.29) is 0 Å². The monoisotopic (exact) mass is 260 g/mol. The molecule has 0 N–H and O–H groups in total. The van der Waals surface area contributed by atoms with Crippen LogP contribution in [0.3, 0.4) is 0 Å². The maximum Gasteiger partial charge on any atom is 0.293 e. The van der Waals surface area contributed by atoms with Gasteiger partial charge >= 0.3 is 0 Å². The Labute approximate surface area is 91.8 Å². The van der Waals surface area contributed by atoms with Crippen molar-refractivity contribution in [1.29, 1.82) is 0 Å². The molecule has 0 saturated carbocycles. The number of aromatic nitrogens is 2. The van der Waals surface area contributed by atoms with Crippen LogP contribution < -0.4 is 0 Å². The quantitative estimate of drug-likeness (QED) is 0.610. The third-order valence-electron chi connectivity index (χ3n) is 1.20. The molecule has 1 rings (SSSR count). The molecule has 1 aromatic heterocycles. The van der Waals surface area contributed by atoms with Gasteiger partial charge in [0.05, 0.1) is 12.3 Å². The average Bonchev–Trinajstić information content (AvgIpc) is 2.22. The first kappa shape index (κ1) is 13.0. The van der Waals surface area contributed by atoms with E-state index in [9.17, 15) is 4.79 Å². The normalized spacial score (nSPS) is 8.43. The van der Waals surface area contributed by atoms with Crippen LogP contribution in [0.25, 0.3) is 0 Å². The van der Waals surface area contributed by atoms with Gasteiger partial charge in [0.2, 0.25) is 0 Å². The smallest absolute Gasteiger partial charge is 0.293 e. The second kappa shape index (κ2) is 10.1. The van der Waals surface area contributed by atoms with E-state index in [2.05, 4.69) is 30.6 Å². The molecule has 0 aliphatic carbocycles. The number of nitrogens with zero attached hydrogens (tertiary/aromatic N) is 2. The van der Waals surface area contributed by atoms with Crippen LogP contribution in [-0.4, -0.2) is 28.4 Å². The van der Waals surface area contributed by atoms with Gasteiger partial charge in [0, 0.05) is 30.3 Å². The number of alkyl halides is 1. The maximum absolute atomic E-state index is 9.18. The largest absolute Gasteiger partial charge is 0.468 e. The van der Waals surface area contributed by atoms with E-state index in [0.717, 1.165) is 17.4 Å². The van der Waals surface area contributed by atoms with Crippen molar-refractivity contribution >= 4 is 22.4 Å². The number of carbonyl (C=O) groups excluding carboxylic acids is 1. The number of ether oxygens (including phenoxy) is 1. The van der Waals surface area contributed by atoms with Crippen molar-refractivity contribution in [1.82, 2.24) is 9.97 Å². The number of rotatable bonds is 4. The molecular weight excluding hydrogens is 248 g/mol. The average molecular weight is 261 g/mol. The molecule has 0 atom stereocenters. The summed E-state index contributed by atoms with van der Waals surface area (Å²) in [7, 11) is 0. The molecule has 0 aliphatic heterocycles. The molecule has 0 aliphatic rings. The van der Waals surface area contributed by atoms with Gasteiger partial charge in [-0.3, -0.25) is 14.8 Å². The minimum absolute atomic E-state index is 0.431. The molecule has 0 saturated heterocycles. The van der Waals surface area contributed by atoms with E-state index in [1.165, 1.54) is 0 Å². The Balaban J connectivity index is 0.000000292. The molecule has 0 unspecified atom stereocenters. The minimum atomic E-state index is 0.431. The van der Waals surface area contributed by atoms with Crippen LogP contribution in [-0.2, 0) is 16.0 Å². The lowest BCUT2D eigenvalue weighted by Gasteiger charge is -1.91. The third kappa shape index (κ3) is 7.67. The molecule has 0 spiro atoms. The number of carbonyl (C=O) groups is 1. The Morgan fingerprint density at radius 1 is 1.57 bits per heavy atom. The highest BCUT2D eigenvalue weighted by molar-refractivity contribution is 9.09. The van der Waals surface area contributed by atoms with Crippen molar-refractivity contribution in [3.05, 3.63) is 24.3 Å². The molecule has 0 bridgehead atoms. The summed E-state index contributed by atoms with van der Waals surface area (Å²) >= 11 is 3.32. The van der Waals surface area contributed by atoms with E-state index >= 15 is 0 Å².